The summed E-state index contributed by atoms with van der Waals surface area (Å²) in [6, 6.07) is 1.78. The highest BCUT2D eigenvalue weighted by atomic mass is 14.8. The molecular formula is C8H10N2. The Kier molecular flexibility index (Phi) is 6.47. The van der Waals surface area contributed by atoms with E-state index in [1.165, 1.54) is 6.33 Å². The third kappa shape index (κ3) is 6.56. The number of aromatic nitrogens is 2. The van der Waals surface area contributed by atoms with Gasteiger partial charge in [0.25, 0.3) is 0 Å². The molecule has 0 aliphatic rings. The lowest BCUT2D eigenvalue weighted by molar-refractivity contribution is 1.17. The molecule has 2 nitrogen and oxygen atoms in total. The third-order valence-electron chi connectivity index (χ3n) is 0.644. The van der Waals surface area contributed by atoms with Crippen LogP contribution in [0.25, 0.3) is 0 Å². The molecule has 1 aromatic heterocycles. The molecule has 0 aliphatic carbocycles. The average Bonchev–Trinajstić information content (AvgIpc) is 2.08. The first-order valence-electron chi connectivity index (χ1n) is 2.85. The number of hydrogen-bond acceptors (Lipinski definition) is 2. The Balaban J connectivity index is 0.000000180. The van der Waals surface area contributed by atoms with Crippen LogP contribution in [0.1, 0.15) is 0 Å². The van der Waals surface area contributed by atoms with Crippen molar-refractivity contribution >= 4 is 0 Å². The largest absolute Gasteiger partial charge is 0.245 e. The summed E-state index contributed by atoms with van der Waals surface area (Å²) >= 11 is 0. The van der Waals surface area contributed by atoms with Crippen LogP contribution in [0.5, 0.6) is 0 Å². The fourth-order valence-electron chi connectivity index (χ4n) is 0.253. The summed E-state index contributed by atoms with van der Waals surface area (Å²) in [6.45, 7) is 6.72. The van der Waals surface area contributed by atoms with Gasteiger partial charge in [-0.3, -0.25) is 0 Å². The van der Waals surface area contributed by atoms with E-state index in [9.17, 15) is 0 Å². The van der Waals surface area contributed by atoms with Crippen LogP contribution >= 0.6 is 0 Å². The van der Waals surface area contributed by atoms with E-state index in [1.807, 2.05) is 0 Å². The molecular weight excluding hydrogens is 124 g/mol. The van der Waals surface area contributed by atoms with Gasteiger partial charge in [-0.1, -0.05) is 25.3 Å². The number of nitrogens with zero attached hydrogens (tertiary/aromatic N) is 2. The highest BCUT2D eigenvalue weighted by Crippen LogP contribution is 1.66. The molecule has 0 saturated heterocycles. The van der Waals surface area contributed by atoms with Crippen LogP contribution in [0.15, 0.2) is 50.1 Å². The van der Waals surface area contributed by atoms with Crippen molar-refractivity contribution in [3.05, 3.63) is 50.1 Å². The normalized spacial score (nSPS) is 6.80. The van der Waals surface area contributed by atoms with E-state index in [0.29, 0.717) is 0 Å². The first-order chi connectivity index (χ1) is 4.91. The van der Waals surface area contributed by atoms with Gasteiger partial charge in [-0.25, -0.2) is 9.97 Å². The predicted octanol–water partition coefficient (Wildman–Crippen LogP) is 1.83. The van der Waals surface area contributed by atoms with Crippen molar-refractivity contribution in [1.82, 2.24) is 9.97 Å². The van der Waals surface area contributed by atoms with Gasteiger partial charge in [0.15, 0.2) is 0 Å². The molecule has 10 heavy (non-hydrogen) atoms. The monoisotopic (exact) mass is 134 g/mol. The van der Waals surface area contributed by atoms with Crippen molar-refractivity contribution in [3.63, 3.8) is 0 Å². The van der Waals surface area contributed by atoms with Crippen molar-refractivity contribution in [3.8, 4) is 0 Å². The fraction of sp³-hybridized carbons (Fsp3) is 0. The van der Waals surface area contributed by atoms with Gasteiger partial charge in [0.1, 0.15) is 6.33 Å². The summed E-state index contributed by atoms with van der Waals surface area (Å²) in [5.74, 6) is 0. The average molecular weight is 134 g/mol. The Hall–Kier alpha value is -1.44. The van der Waals surface area contributed by atoms with Crippen LogP contribution in [-0.2, 0) is 0 Å². The van der Waals surface area contributed by atoms with E-state index in [4.69, 9.17) is 0 Å². The summed E-state index contributed by atoms with van der Waals surface area (Å²) in [5.41, 5.74) is 0. The van der Waals surface area contributed by atoms with Gasteiger partial charge in [-0.2, -0.15) is 0 Å². The minimum atomic E-state index is 1.50. The molecule has 1 rings (SSSR count). The van der Waals surface area contributed by atoms with Gasteiger partial charge in [-0.15, -0.1) is 0 Å². The number of hydrogen-bond donors (Lipinski definition) is 0. The van der Waals surface area contributed by atoms with Gasteiger partial charge in [0.2, 0.25) is 0 Å². The predicted molar refractivity (Wildman–Crippen MR) is 42.4 cm³/mol. The molecule has 0 saturated carbocycles. The molecule has 0 radical (unpaired) electrons. The molecule has 1 heterocycles. The van der Waals surface area contributed by atoms with Crippen LogP contribution in [-0.4, -0.2) is 9.97 Å². The number of allylic oxidation sites excluding steroid dienone is 2. The Morgan fingerprint density at radius 2 is 1.50 bits per heavy atom. The molecule has 0 N–H and O–H groups in total. The maximum atomic E-state index is 3.67. The number of rotatable bonds is 1. The standard InChI is InChI=1S/C4H4N2.C4H6/c1-2-5-4-6-3-1;1-3-4-2/h1-4H;3-4H,1-2H2. The second-order valence-electron chi connectivity index (χ2n) is 1.38. The summed E-state index contributed by atoms with van der Waals surface area (Å²) in [6.07, 6.45) is 8.15. The summed E-state index contributed by atoms with van der Waals surface area (Å²) in [5, 5.41) is 0. The molecule has 0 fully saturated rings. The Morgan fingerprint density at radius 3 is 1.60 bits per heavy atom. The molecule has 1 aromatic rings. The zero-order chi connectivity index (χ0) is 7.66. The molecule has 0 unspecified atom stereocenters. The highest BCUT2D eigenvalue weighted by molar-refractivity contribution is 4.88. The van der Waals surface area contributed by atoms with Crippen LogP contribution in [0, 0.1) is 0 Å². The maximum Gasteiger partial charge on any atom is 0.115 e. The van der Waals surface area contributed by atoms with Crippen LogP contribution in [0.4, 0.5) is 0 Å². The van der Waals surface area contributed by atoms with E-state index in [2.05, 4.69) is 23.1 Å². The lowest BCUT2D eigenvalue weighted by Gasteiger charge is -1.70. The van der Waals surface area contributed by atoms with Crippen molar-refractivity contribution in [2.75, 3.05) is 0 Å². The maximum absolute atomic E-state index is 3.67. The minimum absolute atomic E-state index is 1.50. The summed E-state index contributed by atoms with van der Waals surface area (Å²) in [7, 11) is 0. The first-order valence-corrected chi connectivity index (χ1v) is 2.85. The van der Waals surface area contributed by atoms with E-state index in [1.54, 1.807) is 30.6 Å². The van der Waals surface area contributed by atoms with E-state index < -0.39 is 0 Å². The van der Waals surface area contributed by atoms with Crippen molar-refractivity contribution in [1.29, 1.82) is 0 Å². The molecule has 2 heteroatoms. The van der Waals surface area contributed by atoms with Crippen LogP contribution < -0.4 is 0 Å². The second-order valence-corrected chi connectivity index (χ2v) is 1.38. The van der Waals surface area contributed by atoms with Gasteiger partial charge >= 0.3 is 0 Å². The minimum Gasteiger partial charge on any atom is -0.245 e. The second kappa shape index (κ2) is 7.56. The molecule has 0 atom stereocenters. The molecule has 0 amide bonds. The van der Waals surface area contributed by atoms with Crippen LogP contribution in [0.3, 0.4) is 0 Å². The Bertz CT molecular complexity index is 137. The summed E-state index contributed by atoms with van der Waals surface area (Å²) in [4.78, 5) is 7.35. The zero-order valence-electron chi connectivity index (χ0n) is 5.77. The van der Waals surface area contributed by atoms with Crippen molar-refractivity contribution < 1.29 is 0 Å². The fourth-order valence-corrected chi connectivity index (χ4v) is 0.253. The van der Waals surface area contributed by atoms with E-state index in [-0.39, 0.29) is 0 Å². The molecule has 0 aliphatic heterocycles. The van der Waals surface area contributed by atoms with Gasteiger partial charge in [-0.05, 0) is 6.07 Å². The van der Waals surface area contributed by atoms with E-state index in [0.717, 1.165) is 0 Å². The lowest BCUT2D eigenvalue weighted by atomic mass is 10.6. The Morgan fingerprint density at radius 1 is 1.00 bits per heavy atom. The Labute approximate surface area is 61.0 Å². The molecule has 52 valence electrons. The first kappa shape index (κ1) is 8.56. The van der Waals surface area contributed by atoms with Crippen molar-refractivity contribution in [2.24, 2.45) is 0 Å². The zero-order valence-corrected chi connectivity index (χ0v) is 5.77. The SMILES string of the molecule is C=CC=C.c1cncnc1. The highest BCUT2D eigenvalue weighted by Gasteiger charge is 1.59. The smallest absolute Gasteiger partial charge is 0.115 e. The third-order valence-corrected chi connectivity index (χ3v) is 0.644. The van der Waals surface area contributed by atoms with E-state index >= 15 is 0 Å². The summed E-state index contributed by atoms with van der Waals surface area (Å²) < 4.78 is 0. The van der Waals surface area contributed by atoms with Gasteiger partial charge in [0.05, 0.1) is 0 Å². The topological polar surface area (TPSA) is 25.8 Å². The van der Waals surface area contributed by atoms with Crippen molar-refractivity contribution in [2.45, 2.75) is 0 Å². The van der Waals surface area contributed by atoms with Gasteiger partial charge < -0.3 is 0 Å². The quantitative estimate of drug-likeness (QED) is 0.547. The molecule has 0 aromatic carbocycles. The lowest BCUT2D eigenvalue weighted by Crippen LogP contribution is -1.66. The van der Waals surface area contributed by atoms with Crippen LogP contribution in [0.2, 0.25) is 0 Å². The molecule has 0 bridgehead atoms. The van der Waals surface area contributed by atoms with Gasteiger partial charge in [0, 0.05) is 12.4 Å². The molecule has 0 spiro atoms.